The van der Waals surface area contributed by atoms with Gasteiger partial charge in [-0.2, -0.15) is 0 Å². The van der Waals surface area contributed by atoms with Crippen LogP contribution in [0.1, 0.15) is 13.8 Å². The van der Waals surface area contributed by atoms with Crippen LogP contribution in [0.3, 0.4) is 0 Å². The molecule has 64 valence electrons. The Balaban J connectivity index is 2.36. The summed E-state index contributed by atoms with van der Waals surface area (Å²) < 4.78 is 0. The average Bonchev–Trinajstić information content (AvgIpc) is 1.85. The molecular formula is C8H16N2O. The third-order valence-corrected chi connectivity index (χ3v) is 1.97. The molecule has 1 aliphatic heterocycles. The molecule has 1 fully saturated rings. The molecule has 1 rings (SSSR count). The van der Waals surface area contributed by atoms with E-state index in [0.717, 1.165) is 19.4 Å². The molecule has 1 heterocycles. The maximum absolute atomic E-state index is 10.2. The molecule has 2 unspecified atom stereocenters. The van der Waals surface area contributed by atoms with Crippen molar-refractivity contribution in [3.8, 4) is 0 Å². The zero-order valence-electron chi connectivity index (χ0n) is 7.21. The van der Waals surface area contributed by atoms with Gasteiger partial charge in [0.1, 0.15) is 6.29 Å². The van der Waals surface area contributed by atoms with Gasteiger partial charge in [-0.05, 0) is 13.8 Å². The van der Waals surface area contributed by atoms with E-state index in [0.29, 0.717) is 18.6 Å². The number of nitrogens with one attached hydrogen (secondary N) is 1. The zero-order valence-corrected chi connectivity index (χ0v) is 7.21. The van der Waals surface area contributed by atoms with E-state index in [2.05, 4.69) is 24.1 Å². The van der Waals surface area contributed by atoms with Gasteiger partial charge in [0.25, 0.3) is 0 Å². The summed E-state index contributed by atoms with van der Waals surface area (Å²) >= 11 is 0. The Kier molecular flexibility index (Phi) is 3.02. The number of carbonyl (C=O) groups excluding carboxylic acids is 1. The molecule has 0 aromatic rings. The third-order valence-electron chi connectivity index (χ3n) is 1.97. The predicted molar refractivity (Wildman–Crippen MR) is 44.6 cm³/mol. The number of nitrogens with zero attached hydrogens (tertiary/aromatic N) is 1. The highest BCUT2D eigenvalue weighted by atomic mass is 16.1. The highest BCUT2D eigenvalue weighted by Crippen LogP contribution is 2.01. The van der Waals surface area contributed by atoms with Crippen LogP contribution >= 0.6 is 0 Å². The maximum atomic E-state index is 10.2. The summed E-state index contributed by atoms with van der Waals surface area (Å²) in [6.45, 7) is 6.85. The van der Waals surface area contributed by atoms with Gasteiger partial charge < -0.3 is 10.1 Å². The lowest BCUT2D eigenvalue weighted by Gasteiger charge is -2.34. The molecule has 1 aliphatic rings. The van der Waals surface area contributed by atoms with Gasteiger partial charge >= 0.3 is 0 Å². The molecule has 1 N–H and O–H groups in total. The summed E-state index contributed by atoms with van der Waals surface area (Å²) in [6.07, 6.45) is 0.977. The number of hydrogen-bond acceptors (Lipinski definition) is 3. The smallest absolute Gasteiger partial charge is 0.133 e. The lowest BCUT2D eigenvalue weighted by Crippen LogP contribution is -2.54. The van der Waals surface area contributed by atoms with E-state index in [-0.39, 0.29) is 0 Å². The van der Waals surface area contributed by atoms with Crippen LogP contribution in [0.25, 0.3) is 0 Å². The third kappa shape index (κ3) is 2.60. The Morgan fingerprint density at radius 3 is 2.45 bits per heavy atom. The van der Waals surface area contributed by atoms with Crippen molar-refractivity contribution in [2.75, 3.05) is 19.6 Å². The van der Waals surface area contributed by atoms with Gasteiger partial charge in [0.05, 0.1) is 6.54 Å². The zero-order chi connectivity index (χ0) is 8.27. The Bertz CT molecular complexity index is 128. The van der Waals surface area contributed by atoms with Crippen LogP contribution in [0, 0.1) is 0 Å². The highest BCUT2D eigenvalue weighted by molar-refractivity contribution is 5.52. The standard InChI is InChI=1S/C8H16N2O/c1-7-5-10(3-4-11)6-8(2)9-7/h4,7-9H,3,5-6H2,1-2H3. The molecular weight excluding hydrogens is 140 g/mol. The first kappa shape index (κ1) is 8.68. The first-order valence-electron chi connectivity index (χ1n) is 4.14. The fraction of sp³-hybridized carbons (Fsp3) is 0.875. The number of rotatable bonds is 2. The van der Waals surface area contributed by atoms with Crippen LogP contribution in [-0.2, 0) is 4.79 Å². The molecule has 3 heteroatoms. The van der Waals surface area contributed by atoms with E-state index in [1.807, 2.05) is 0 Å². The van der Waals surface area contributed by atoms with E-state index < -0.39 is 0 Å². The first-order chi connectivity index (χ1) is 5.22. The predicted octanol–water partition coefficient (Wildman–Crippen LogP) is -0.132. The van der Waals surface area contributed by atoms with Crippen molar-refractivity contribution in [3.63, 3.8) is 0 Å². The molecule has 0 aromatic heterocycles. The number of carbonyl (C=O) groups is 1. The average molecular weight is 156 g/mol. The number of piperazine rings is 1. The van der Waals surface area contributed by atoms with Crippen LogP contribution in [0.5, 0.6) is 0 Å². The van der Waals surface area contributed by atoms with Crippen LogP contribution in [0.15, 0.2) is 0 Å². The van der Waals surface area contributed by atoms with Crippen molar-refractivity contribution in [2.45, 2.75) is 25.9 Å². The van der Waals surface area contributed by atoms with E-state index >= 15 is 0 Å². The van der Waals surface area contributed by atoms with Gasteiger partial charge in [0.15, 0.2) is 0 Å². The van der Waals surface area contributed by atoms with Gasteiger partial charge in [-0.1, -0.05) is 0 Å². The summed E-state index contributed by atoms with van der Waals surface area (Å²) in [6, 6.07) is 1.03. The second-order valence-corrected chi connectivity index (χ2v) is 3.35. The van der Waals surface area contributed by atoms with Crippen molar-refractivity contribution in [2.24, 2.45) is 0 Å². The minimum Gasteiger partial charge on any atom is -0.309 e. The first-order valence-corrected chi connectivity index (χ1v) is 4.14. The maximum Gasteiger partial charge on any atom is 0.133 e. The van der Waals surface area contributed by atoms with Gasteiger partial charge in [0, 0.05) is 25.2 Å². The van der Waals surface area contributed by atoms with Gasteiger partial charge in [-0.15, -0.1) is 0 Å². The van der Waals surface area contributed by atoms with Gasteiger partial charge in [-0.25, -0.2) is 0 Å². The Morgan fingerprint density at radius 2 is 2.00 bits per heavy atom. The summed E-state index contributed by atoms with van der Waals surface area (Å²) in [5.41, 5.74) is 0. The fourth-order valence-corrected chi connectivity index (χ4v) is 1.69. The SMILES string of the molecule is CC1CN(CC=O)CC(C)N1. The topological polar surface area (TPSA) is 32.3 Å². The molecule has 1 saturated heterocycles. The number of hydrogen-bond donors (Lipinski definition) is 1. The second-order valence-electron chi connectivity index (χ2n) is 3.35. The minimum absolute atomic E-state index is 0.513. The van der Waals surface area contributed by atoms with Crippen LogP contribution in [0.4, 0.5) is 0 Å². The van der Waals surface area contributed by atoms with E-state index in [1.54, 1.807) is 0 Å². The molecule has 0 aliphatic carbocycles. The molecule has 0 bridgehead atoms. The van der Waals surface area contributed by atoms with Crippen LogP contribution in [-0.4, -0.2) is 42.9 Å². The Labute approximate surface area is 67.8 Å². The van der Waals surface area contributed by atoms with Gasteiger partial charge in [0.2, 0.25) is 0 Å². The highest BCUT2D eigenvalue weighted by Gasteiger charge is 2.19. The van der Waals surface area contributed by atoms with Crippen molar-refractivity contribution in [1.29, 1.82) is 0 Å². The van der Waals surface area contributed by atoms with Crippen molar-refractivity contribution in [1.82, 2.24) is 10.2 Å². The summed E-state index contributed by atoms with van der Waals surface area (Å²) in [5.74, 6) is 0. The molecule has 11 heavy (non-hydrogen) atoms. The normalized spacial score (nSPS) is 33.6. The second kappa shape index (κ2) is 3.83. The monoisotopic (exact) mass is 156 g/mol. The molecule has 0 aromatic carbocycles. The molecule has 0 radical (unpaired) electrons. The van der Waals surface area contributed by atoms with E-state index in [9.17, 15) is 4.79 Å². The summed E-state index contributed by atoms with van der Waals surface area (Å²) in [7, 11) is 0. The van der Waals surface area contributed by atoms with Crippen molar-refractivity contribution < 1.29 is 4.79 Å². The van der Waals surface area contributed by atoms with Crippen LogP contribution in [0.2, 0.25) is 0 Å². The molecule has 3 nitrogen and oxygen atoms in total. The van der Waals surface area contributed by atoms with E-state index in [4.69, 9.17) is 0 Å². The van der Waals surface area contributed by atoms with Crippen LogP contribution < -0.4 is 5.32 Å². The lowest BCUT2D eigenvalue weighted by atomic mass is 10.1. The molecule has 0 saturated carbocycles. The quantitative estimate of drug-likeness (QED) is 0.565. The lowest BCUT2D eigenvalue weighted by molar-refractivity contribution is -0.109. The fourth-order valence-electron chi connectivity index (χ4n) is 1.69. The van der Waals surface area contributed by atoms with Crippen molar-refractivity contribution in [3.05, 3.63) is 0 Å². The molecule has 0 amide bonds. The molecule has 0 spiro atoms. The minimum atomic E-state index is 0.513. The largest absolute Gasteiger partial charge is 0.309 e. The number of aldehydes is 1. The summed E-state index contributed by atoms with van der Waals surface area (Å²) in [4.78, 5) is 12.4. The Morgan fingerprint density at radius 1 is 1.45 bits per heavy atom. The van der Waals surface area contributed by atoms with Gasteiger partial charge in [-0.3, -0.25) is 4.90 Å². The summed E-state index contributed by atoms with van der Waals surface area (Å²) in [5, 5.41) is 3.41. The Hall–Kier alpha value is -0.410. The van der Waals surface area contributed by atoms with Crippen molar-refractivity contribution >= 4 is 6.29 Å². The van der Waals surface area contributed by atoms with E-state index in [1.165, 1.54) is 0 Å². The molecule has 2 atom stereocenters.